The molecule has 3 rings (SSSR count). The molecule has 2 aromatic heterocycles. The lowest BCUT2D eigenvalue weighted by Crippen LogP contribution is -2.34. The molecular formula is C13H17N5O. The van der Waals surface area contributed by atoms with Gasteiger partial charge in [0.15, 0.2) is 5.82 Å². The number of carbonyl (C=O) groups excluding carboxylic acids is 1. The van der Waals surface area contributed by atoms with Crippen LogP contribution in [0.2, 0.25) is 0 Å². The van der Waals surface area contributed by atoms with Crippen LogP contribution < -0.4 is 5.32 Å². The van der Waals surface area contributed by atoms with E-state index in [0.717, 1.165) is 36.5 Å². The van der Waals surface area contributed by atoms with Crippen molar-refractivity contribution in [3.63, 3.8) is 0 Å². The highest BCUT2D eigenvalue weighted by atomic mass is 16.1. The van der Waals surface area contributed by atoms with Crippen molar-refractivity contribution < 1.29 is 4.79 Å². The summed E-state index contributed by atoms with van der Waals surface area (Å²) in [6.45, 7) is 4.32. The maximum absolute atomic E-state index is 11.8. The molecule has 0 atom stereocenters. The third-order valence-corrected chi connectivity index (χ3v) is 3.66. The van der Waals surface area contributed by atoms with Crippen molar-refractivity contribution in [1.82, 2.24) is 24.9 Å². The van der Waals surface area contributed by atoms with E-state index in [1.54, 1.807) is 0 Å². The van der Waals surface area contributed by atoms with Crippen molar-refractivity contribution in [1.29, 1.82) is 0 Å². The zero-order valence-corrected chi connectivity index (χ0v) is 11.2. The first kappa shape index (κ1) is 12.1. The van der Waals surface area contributed by atoms with E-state index in [-0.39, 0.29) is 11.8 Å². The topological polar surface area (TPSA) is 72.2 Å². The summed E-state index contributed by atoms with van der Waals surface area (Å²) in [6.07, 6.45) is 3.17. The molecule has 1 fully saturated rings. The molecule has 0 spiro atoms. The molecule has 0 aromatic carbocycles. The molecule has 19 heavy (non-hydrogen) atoms. The summed E-state index contributed by atoms with van der Waals surface area (Å²) >= 11 is 0. The van der Waals surface area contributed by atoms with Crippen LogP contribution in [0.4, 0.5) is 0 Å². The Morgan fingerprint density at radius 3 is 2.89 bits per heavy atom. The fourth-order valence-corrected chi connectivity index (χ4v) is 2.39. The molecule has 1 saturated carbocycles. The number of nitrogens with zero attached hydrogens (tertiary/aromatic N) is 4. The first-order valence-electron chi connectivity index (χ1n) is 6.61. The van der Waals surface area contributed by atoms with Gasteiger partial charge in [-0.15, -0.1) is 10.2 Å². The molecule has 0 unspecified atom stereocenters. The molecule has 1 aliphatic rings. The number of hydrogen-bond acceptors (Lipinski definition) is 4. The minimum absolute atomic E-state index is 0.126. The predicted octanol–water partition coefficient (Wildman–Crippen LogP) is 1.16. The molecular weight excluding hydrogens is 242 g/mol. The summed E-state index contributed by atoms with van der Waals surface area (Å²) in [6, 6.07) is 1.98. The smallest absolute Gasteiger partial charge is 0.255 e. The van der Waals surface area contributed by atoms with E-state index in [1.165, 1.54) is 0 Å². The number of aromatic nitrogens is 4. The molecule has 0 saturated heterocycles. The van der Waals surface area contributed by atoms with Crippen LogP contribution in [-0.4, -0.2) is 25.5 Å². The van der Waals surface area contributed by atoms with Crippen LogP contribution in [0.1, 0.15) is 36.5 Å². The number of aryl methyl sites for hydroxylation is 2. The van der Waals surface area contributed by atoms with Gasteiger partial charge in [0, 0.05) is 17.3 Å². The molecule has 1 amide bonds. The second-order valence-electron chi connectivity index (χ2n) is 5.14. The van der Waals surface area contributed by atoms with Gasteiger partial charge < -0.3 is 5.32 Å². The van der Waals surface area contributed by atoms with E-state index in [0.29, 0.717) is 12.3 Å². The van der Waals surface area contributed by atoms with Gasteiger partial charge in [-0.1, -0.05) is 6.42 Å². The number of amides is 1. The Morgan fingerprint density at radius 2 is 2.21 bits per heavy atom. The van der Waals surface area contributed by atoms with Gasteiger partial charge in [0.25, 0.3) is 5.78 Å². The third kappa shape index (κ3) is 2.18. The molecule has 0 bridgehead atoms. The summed E-state index contributed by atoms with van der Waals surface area (Å²) in [7, 11) is 0. The SMILES string of the molecule is Cc1cc(C)n2c(CNC(=O)C3CCC3)nnc2n1. The average molecular weight is 259 g/mol. The molecule has 2 heterocycles. The molecule has 1 aliphatic carbocycles. The largest absolute Gasteiger partial charge is 0.349 e. The first-order chi connectivity index (χ1) is 9.15. The predicted molar refractivity (Wildman–Crippen MR) is 69.4 cm³/mol. The number of carbonyl (C=O) groups is 1. The molecule has 6 heteroatoms. The maximum Gasteiger partial charge on any atom is 0.255 e. The molecule has 6 nitrogen and oxygen atoms in total. The maximum atomic E-state index is 11.8. The zero-order valence-electron chi connectivity index (χ0n) is 11.2. The van der Waals surface area contributed by atoms with E-state index in [9.17, 15) is 4.79 Å². The monoisotopic (exact) mass is 259 g/mol. The summed E-state index contributed by atoms with van der Waals surface area (Å²) in [5, 5.41) is 11.1. The van der Waals surface area contributed by atoms with E-state index < -0.39 is 0 Å². The summed E-state index contributed by atoms with van der Waals surface area (Å²) in [5.41, 5.74) is 1.95. The van der Waals surface area contributed by atoms with Crippen molar-refractivity contribution in [2.24, 2.45) is 5.92 Å². The lowest BCUT2D eigenvalue weighted by atomic mass is 9.85. The van der Waals surface area contributed by atoms with E-state index in [1.807, 2.05) is 24.3 Å². The van der Waals surface area contributed by atoms with Gasteiger partial charge in [-0.25, -0.2) is 4.98 Å². The van der Waals surface area contributed by atoms with Crippen LogP contribution in [0.5, 0.6) is 0 Å². The fourth-order valence-electron chi connectivity index (χ4n) is 2.39. The normalized spacial score (nSPS) is 15.5. The molecule has 0 radical (unpaired) electrons. The van der Waals surface area contributed by atoms with Gasteiger partial charge in [-0.3, -0.25) is 9.20 Å². The third-order valence-electron chi connectivity index (χ3n) is 3.66. The van der Waals surface area contributed by atoms with Crippen LogP contribution in [0, 0.1) is 19.8 Å². The van der Waals surface area contributed by atoms with Gasteiger partial charge in [0.05, 0.1) is 6.54 Å². The zero-order chi connectivity index (χ0) is 13.4. The van der Waals surface area contributed by atoms with Gasteiger partial charge in [-0.05, 0) is 32.8 Å². The van der Waals surface area contributed by atoms with Crippen LogP contribution in [0.15, 0.2) is 6.07 Å². The average Bonchev–Trinajstić information content (AvgIpc) is 2.67. The minimum atomic E-state index is 0.126. The van der Waals surface area contributed by atoms with Crippen molar-refractivity contribution in [3.05, 3.63) is 23.3 Å². The number of fused-ring (bicyclic) bond motifs is 1. The van der Waals surface area contributed by atoms with Crippen LogP contribution in [0.25, 0.3) is 5.78 Å². The standard InChI is InChI=1S/C13H17N5O/c1-8-6-9(2)18-11(16-17-13(18)15-8)7-14-12(19)10-4-3-5-10/h6,10H,3-5,7H2,1-2H3,(H,14,19). The lowest BCUT2D eigenvalue weighted by molar-refractivity contribution is -0.127. The highest BCUT2D eigenvalue weighted by Gasteiger charge is 2.25. The lowest BCUT2D eigenvalue weighted by Gasteiger charge is -2.23. The fraction of sp³-hybridized carbons (Fsp3) is 0.538. The quantitative estimate of drug-likeness (QED) is 0.897. The summed E-state index contributed by atoms with van der Waals surface area (Å²) in [5.74, 6) is 1.64. The molecule has 0 aliphatic heterocycles. The molecule has 2 aromatic rings. The Morgan fingerprint density at radius 1 is 1.42 bits per heavy atom. The van der Waals surface area contributed by atoms with Crippen molar-refractivity contribution in [3.8, 4) is 0 Å². The number of hydrogen-bond donors (Lipinski definition) is 1. The number of nitrogens with one attached hydrogen (secondary N) is 1. The Balaban J connectivity index is 1.79. The Hall–Kier alpha value is -1.98. The Kier molecular flexibility index (Phi) is 2.93. The van der Waals surface area contributed by atoms with Crippen LogP contribution >= 0.6 is 0 Å². The van der Waals surface area contributed by atoms with Gasteiger partial charge in [-0.2, -0.15) is 0 Å². The minimum Gasteiger partial charge on any atom is -0.349 e. The van der Waals surface area contributed by atoms with E-state index in [2.05, 4.69) is 20.5 Å². The second-order valence-corrected chi connectivity index (χ2v) is 5.14. The highest BCUT2D eigenvalue weighted by Crippen LogP contribution is 2.26. The Labute approximate surface area is 111 Å². The summed E-state index contributed by atoms with van der Waals surface area (Å²) in [4.78, 5) is 16.1. The van der Waals surface area contributed by atoms with Crippen LogP contribution in [-0.2, 0) is 11.3 Å². The second kappa shape index (κ2) is 4.60. The number of rotatable bonds is 3. The Bertz CT molecular complexity index is 629. The van der Waals surface area contributed by atoms with Crippen molar-refractivity contribution in [2.75, 3.05) is 0 Å². The van der Waals surface area contributed by atoms with E-state index in [4.69, 9.17) is 0 Å². The van der Waals surface area contributed by atoms with Crippen LogP contribution in [0.3, 0.4) is 0 Å². The van der Waals surface area contributed by atoms with Gasteiger partial charge in [0.2, 0.25) is 5.91 Å². The first-order valence-corrected chi connectivity index (χ1v) is 6.61. The highest BCUT2D eigenvalue weighted by molar-refractivity contribution is 5.79. The van der Waals surface area contributed by atoms with Crippen molar-refractivity contribution >= 4 is 11.7 Å². The van der Waals surface area contributed by atoms with Crippen molar-refractivity contribution in [2.45, 2.75) is 39.7 Å². The van der Waals surface area contributed by atoms with Gasteiger partial charge >= 0.3 is 0 Å². The molecule has 100 valence electrons. The summed E-state index contributed by atoms with van der Waals surface area (Å²) < 4.78 is 1.88. The van der Waals surface area contributed by atoms with E-state index >= 15 is 0 Å². The molecule has 1 N–H and O–H groups in total. The van der Waals surface area contributed by atoms with Gasteiger partial charge in [0.1, 0.15) is 0 Å².